The summed E-state index contributed by atoms with van der Waals surface area (Å²) in [6, 6.07) is 0. The maximum Gasteiger partial charge on any atom is 0.00970 e. The average Bonchev–Trinajstić information content (AvgIpc) is 2.37. The van der Waals surface area contributed by atoms with E-state index in [2.05, 4.69) is 31.4 Å². The van der Waals surface area contributed by atoms with Crippen molar-refractivity contribution in [3.8, 4) is 0 Å². The molecule has 2 aliphatic carbocycles. The SMILES string of the molecule is CC(C)(C)NCCNCC1CCC2CCCCC2C1. The van der Waals surface area contributed by atoms with E-state index in [1.54, 1.807) is 0 Å². The fraction of sp³-hybridized carbons (Fsp3) is 1.00. The first-order chi connectivity index (χ1) is 9.04. The van der Waals surface area contributed by atoms with Gasteiger partial charge in [-0.05, 0) is 64.3 Å². The molecule has 19 heavy (non-hydrogen) atoms. The van der Waals surface area contributed by atoms with Crippen LogP contribution < -0.4 is 10.6 Å². The summed E-state index contributed by atoms with van der Waals surface area (Å²) in [7, 11) is 0. The van der Waals surface area contributed by atoms with Crippen molar-refractivity contribution in [3.05, 3.63) is 0 Å². The smallest absolute Gasteiger partial charge is 0.00970 e. The van der Waals surface area contributed by atoms with Gasteiger partial charge in [-0.3, -0.25) is 0 Å². The quantitative estimate of drug-likeness (QED) is 0.743. The molecule has 0 aromatic carbocycles. The Morgan fingerprint density at radius 3 is 2.37 bits per heavy atom. The Morgan fingerprint density at radius 2 is 1.63 bits per heavy atom. The van der Waals surface area contributed by atoms with Gasteiger partial charge in [-0.25, -0.2) is 0 Å². The van der Waals surface area contributed by atoms with E-state index in [0.29, 0.717) is 0 Å². The molecule has 2 aliphatic rings. The molecule has 112 valence electrons. The number of fused-ring (bicyclic) bond motifs is 1. The number of hydrogen-bond acceptors (Lipinski definition) is 2. The molecular weight excluding hydrogens is 232 g/mol. The summed E-state index contributed by atoms with van der Waals surface area (Å²) in [4.78, 5) is 0. The molecule has 2 N–H and O–H groups in total. The van der Waals surface area contributed by atoms with E-state index in [9.17, 15) is 0 Å². The molecule has 0 aliphatic heterocycles. The van der Waals surface area contributed by atoms with Gasteiger partial charge in [0.2, 0.25) is 0 Å². The Labute approximate surface area is 120 Å². The lowest BCUT2D eigenvalue weighted by Gasteiger charge is -2.39. The maximum absolute atomic E-state index is 3.66. The maximum atomic E-state index is 3.66. The monoisotopic (exact) mass is 266 g/mol. The van der Waals surface area contributed by atoms with Crippen LogP contribution in [0, 0.1) is 17.8 Å². The highest BCUT2D eigenvalue weighted by molar-refractivity contribution is 4.84. The van der Waals surface area contributed by atoms with E-state index < -0.39 is 0 Å². The molecule has 0 radical (unpaired) electrons. The molecule has 0 amide bonds. The summed E-state index contributed by atoms with van der Waals surface area (Å²) in [5.41, 5.74) is 0.252. The molecule has 2 nitrogen and oxygen atoms in total. The predicted molar refractivity (Wildman–Crippen MR) is 83.4 cm³/mol. The van der Waals surface area contributed by atoms with Gasteiger partial charge in [0.05, 0.1) is 0 Å². The first-order valence-corrected chi connectivity index (χ1v) is 8.50. The van der Waals surface area contributed by atoms with Crippen LogP contribution in [-0.2, 0) is 0 Å². The summed E-state index contributed by atoms with van der Waals surface area (Å²) in [5, 5.41) is 7.20. The third-order valence-corrected chi connectivity index (χ3v) is 5.04. The van der Waals surface area contributed by atoms with Crippen LogP contribution in [0.3, 0.4) is 0 Å². The van der Waals surface area contributed by atoms with Crippen molar-refractivity contribution in [2.45, 2.75) is 71.3 Å². The van der Waals surface area contributed by atoms with Crippen molar-refractivity contribution in [3.63, 3.8) is 0 Å². The van der Waals surface area contributed by atoms with Crippen LogP contribution in [-0.4, -0.2) is 25.2 Å². The Hall–Kier alpha value is -0.0800. The molecular formula is C17H34N2. The van der Waals surface area contributed by atoms with Gasteiger partial charge in [-0.2, -0.15) is 0 Å². The number of nitrogens with one attached hydrogen (secondary N) is 2. The fourth-order valence-corrected chi connectivity index (χ4v) is 3.99. The van der Waals surface area contributed by atoms with Gasteiger partial charge in [0, 0.05) is 18.6 Å². The molecule has 0 aromatic rings. The molecule has 0 bridgehead atoms. The van der Waals surface area contributed by atoms with Gasteiger partial charge in [-0.1, -0.05) is 25.7 Å². The van der Waals surface area contributed by atoms with Crippen molar-refractivity contribution in [2.75, 3.05) is 19.6 Å². The summed E-state index contributed by atoms with van der Waals surface area (Å²) in [6.45, 7) is 10.1. The molecule has 3 atom stereocenters. The van der Waals surface area contributed by atoms with E-state index in [-0.39, 0.29) is 5.54 Å². The van der Waals surface area contributed by atoms with E-state index in [0.717, 1.165) is 30.8 Å². The molecule has 0 heterocycles. The Bertz CT molecular complexity index is 256. The molecule has 0 aromatic heterocycles. The van der Waals surface area contributed by atoms with Crippen molar-refractivity contribution in [1.82, 2.24) is 10.6 Å². The first kappa shape index (κ1) is 15.3. The lowest BCUT2D eigenvalue weighted by atomic mass is 9.67. The summed E-state index contributed by atoms with van der Waals surface area (Å²) in [5.74, 6) is 3.11. The van der Waals surface area contributed by atoms with E-state index >= 15 is 0 Å². The van der Waals surface area contributed by atoms with Gasteiger partial charge < -0.3 is 10.6 Å². The Kier molecular flexibility index (Phi) is 5.70. The summed E-state index contributed by atoms with van der Waals surface area (Å²) < 4.78 is 0. The zero-order chi connectivity index (χ0) is 13.7. The van der Waals surface area contributed by atoms with E-state index in [1.165, 1.54) is 51.5 Å². The Morgan fingerprint density at radius 1 is 0.895 bits per heavy atom. The molecule has 2 saturated carbocycles. The lowest BCUT2D eigenvalue weighted by molar-refractivity contribution is 0.129. The van der Waals surface area contributed by atoms with Crippen molar-refractivity contribution in [2.24, 2.45) is 17.8 Å². The van der Waals surface area contributed by atoms with Crippen molar-refractivity contribution >= 4 is 0 Å². The standard InChI is InChI=1S/C17H34N2/c1-17(2,3)19-11-10-18-13-14-8-9-15-6-4-5-7-16(15)12-14/h14-16,18-19H,4-13H2,1-3H3. The van der Waals surface area contributed by atoms with Crippen LogP contribution in [0.25, 0.3) is 0 Å². The van der Waals surface area contributed by atoms with Crippen molar-refractivity contribution in [1.29, 1.82) is 0 Å². The zero-order valence-electron chi connectivity index (χ0n) is 13.3. The van der Waals surface area contributed by atoms with Gasteiger partial charge in [0.1, 0.15) is 0 Å². The normalized spacial score (nSPS) is 32.1. The van der Waals surface area contributed by atoms with E-state index in [4.69, 9.17) is 0 Å². The summed E-state index contributed by atoms with van der Waals surface area (Å²) >= 11 is 0. The van der Waals surface area contributed by atoms with Crippen LogP contribution in [0.15, 0.2) is 0 Å². The number of rotatable bonds is 5. The molecule has 3 unspecified atom stereocenters. The lowest BCUT2D eigenvalue weighted by Crippen LogP contribution is -2.41. The van der Waals surface area contributed by atoms with Gasteiger partial charge in [-0.15, -0.1) is 0 Å². The minimum absolute atomic E-state index is 0.252. The molecule has 2 fully saturated rings. The van der Waals surface area contributed by atoms with Gasteiger partial charge >= 0.3 is 0 Å². The first-order valence-electron chi connectivity index (χ1n) is 8.50. The number of hydrogen-bond donors (Lipinski definition) is 2. The van der Waals surface area contributed by atoms with Gasteiger partial charge in [0.15, 0.2) is 0 Å². The highest BCUT2D eigenvalue weighted by Crippen LogP contribution is 2.42. The van der Waals surface area contributed by atoms with Crippen LogP contribution in [0.4, 0.5) is 0 Å². The highest BCUT2D eigenvalue weighted by atomic mass is 15.0. The minimum atomic E-state index is 0.252. The minimum Gasteiger partial charge on any atom is -0.315 e. The van der Waals surface area contributed by atoms with Crippen LogP contribution in [0.5, 0.6) is 0 Å². The Balaban J connectivity index is 1.57. The topological polar surface area (TPSA) is 24.1 Å². The fourth-order valence-electron chi connectivity index (χ4n) is 3.99. The molecule has 2 heteroatoms. The van der Waals surface area contributed by atoms with Crippen molar-refractivity contribution < 1.29 is 0 Å². The second-order valence-corrected chi connectivity index (χ2v) is 7.86. The van der Waals surface area contributed by atoms with Crippen LogP contribution in [0.2, 0.25) is 0 Å². The molecule has 0 spiro atoms. The molecule has 2 rings (SSSR count). The second-order valence-electron chi connectivity index (χ2n) is 7.86. The largest absolute Gasteiger partial charge is 0.315 e. The summed E-state index contributed by atoms with van der Waals surface area (Å²) in [6.07, 6.45) is 10.5. The third-order valence-electron chi connectivity index (χ3n) is 5.04. The molecule has 0 saturated heterocycles. The predicted octanol–water partition coefficient (Wildman–Crippen LogP) is 3.57. The second kappa shape index (κ2) is 7.08. The van der Waals surface area contributed by atoms with Gasteiger partial charge in [0.25, 0.3) is 0 Å². The van der Waals surface area contributed by atoms with E-state index in [1.807, 2.05) is 0 Å². The zero-order valence-corrected chi connectivity index (χ0v) is 13.3. The average molecular weight is 266 g/mol. The highest BCUT2D eigenvalue weighted by Gasteiger charge is 2.31. The van der Waals surface area contributed by atoms with Crippen LogP contribution >= 0.6 is 0 Å². The van der Waals surface area contributed by atoms with Crippen LogP contribution in [0.1, 0.15) is 65.7 Å². The third kappa shape index (κ3) is 5.43.